The molecule has 100 valence electrons. The van der Waals surface area contributed by atoms with Crippen LogP contribution in [0.15, 0.2) is 6.07 Å². The molecule has 0 saturated heterocycles. The van der Waals surface area contributed by atoms with E-state index < -0.39 is 0 Å². The van der Waals surface area contributed by atoms with Gasteiger partial charge in [0, 0.05) is 23.6 Å². The smallest absolute Gasteiger partial charge is 0.219 e. The van der Waals surface area contributed by atoms with Crippen molar-refractivity contribution in [1.82, 2.24) is 5.32 Å². The van der Waals surface area contributed by atoms with Crippen molar-refractivity contribution < 1.29 is 9.53 Å². The molecule has 3 nitrogen and oxygen atoms in total. The lowest BCUT2D eigenvalue weighted by Gasteiger charge is -2.15. The second kappa shape index (κ2) is 6.64. The number of rotatable bonds is 5. The molecule has 0 saturated carbocycles. The fraction of sp³-hybridized carbons (Fsp3) is 0.500. The molecule has 1 rings (SSSR count). The van der Waals surface area contributed by atoms with Gasteiger partial charge in [0.25, 0.3) is 0 Å². The Hall–Kier alpha value is -1.22. The molecule has 0 bridgehead atoms. The van der Waals surface area contributed by atoms with E-state index in [1.54, 1.807) is 7.11 Å². The summed E-state index contributed by atoms with van der Waals surface area (Å²) in [6.45, 7) is 6.38. The molecular weight excluding hydrogens is 250 g/mol. The Morgan fingerprint density at radius 3 is 2.67 bits per heavy atom. The van der Waals surface area contributed by atoms with Crippen LogP contribution in [0.5, 0.6) is 5.75 Å². The number of benzene rings is 1. The van der Waals surface area contributed by atoms with E-state index in [1.807, 2.05) is 26.8 Å². The zero-order valence-electron chi connectivity index (χ0n) is 11.4. The van der Waals surface area contributed by atoms with Crippen LogP contribution in [0, 0.1) is 13.8 Å². The molecule has 0 heterocycles. The predicted molar refractivity (Wildman–Crippen MR) is 74.5 cm³/mol. The average Bonchev–Trinajstić information content (AvgIpc) is 2.37. The molecular formula is C14H20ClNO2. The van der Waals surface area contributed by atoms with Crippen LogP contribution in [-0.4, -0.2) is 19.6 Å². The number of amides is 1. The van der Waals surface area contributed by atoms with Crippen molar-refractivity contribution in [2.45, 2.75) is 33.6 Å². The highest BCUT2D eigenvalue weighted by Crippen LogP contribution is 2.31. The molecule has 0 aliphatic rings. The van der Waals surface area contributed by atoms with Crippen LogP contribution >= 0.6 is 11.6 Å². The van der Waals surface area contributed by atoms with Gasteiger partial charge in [-0.05, 0) is 37.5 Å². The van der Waals surface area contributed by atoms with Gasteiger partial charge in [0.15, 0.2) is 0 Å². The van der Waals surface area contributed by atoms with Crippen LogP contribution in [0.4, 0.5) is 0 Å². The minimum absolute atomic E-state index is 0.0600. The van der Waals surface area contributed by atoms with Crippen molar-refractivity contribution in [3.63, 3.8) is 0 Å². The molecule has 4 heteroatoms. The number of hydrogen-bond donors (Lipinski definition) is 1. The van der Waals surface area contributed by atoms with E-state index in [0.717, 1.165) is 33.9 Å². The van der Waals surface area contributed by atoms with Gasteiger partial charge in [-0.3, -0.25) is 4.79 Å². The van der Waals surface area contributed by atoms with Gasteiger partial charge in [0.2, 0.25) is 5.91 Å². The van der Waals surface area contributed by atoms with E-state index in [2.05, 4.69) is 5.32 Å². The lowest BCUT2D eigenvalue weighted by atomic mass is 10.0. The standard InChI is InChI=1S/C14H20ClNO2/c1-5-13(17)16-7-6-11-10(3)14(15)9(2)8-12(11)18-4/h8H,5-7H2,1-4H3,(H,16,17). The lowest BCUT2D eigenvalue weighted by molar-refractivity contribution is -0.120. The summed E-state index contributed by atoms with van der Waals surface area (Å²) in [6, 6.07) is 1.94. The monoisotopic (exact) mass is 269 g/mol. The van der Waals surface area contributed by atoms with Crippen molar-refractivity contribution >= 4 is 17.5 Å². The number of methoxy groups -OCH3 is 1. The fourth-order valence-electron chi connectivity index (χ4n) is 1.90. The molecule has 1 aromatic carbocycles. The zero-order chi connectivity index (χ0) is 13.7. The first-order valence-electron chi connectivity index (χ1n) is 6.10. The first-order valence-corrected chi connectivity index (χ1v) is 6.48. The number of nitrogens with one attached hydrogen (secondary N) is 1. The summed E-state index contributed by atoms with van der Waals surface area (Å²) in [7, 11) is 1.65. The van der Waals surface area contributed by atoms with Gasteiger partial charge in [-0.15, -0.1) is 0 Å². The number of hydrogen-bond acceptors (Lipinski definition) is 2. The van der Waals surface area contributed by atoms with Crippen LogP contribution in [0.25, 0.3) is 0 Å². The Kier molecular flexibility index (Phi) is 5.48. The number of aryl methyl sites for hydroxylation is 1. The maximum atomic E-state index is 11.2. The van der Waals surface area contributed by atoms with Crippen molar-refractivity contribution in [2.24, 2.45) is 0 Å². The third-order valence-corrected chi connectivity index (χ3v) is 3.59. The number of halogens is 1. The number of ether oxygens (including phenoxy) is 1. The van der Waals surface area contributed by atoms with E-state index in [1.165, 1.54) is 0 Å². The largest absolute Gasteiger partial charge is 0.496 e. The Morgan fingerprint density at radius 1 is 1.44 bits per heavy atom. The van der Waals surface area contributed by atoms with Gasteiger partial charge in [-0.25, -0.2) is 0 Å². The van der Waals surface area contributed by atoms with E-state index in [0.29, 0.717) is 13.0 Å². The zero-order valence-corrected chi connectivity index (χ0v) is 12.1. The normalized spacial score (nSPS) is 10.3. The molecule has 0 fully saturated rings. The Morgan fingerprint density at radius 2 is 2.11 bits per heavy atom. The van der Waals surface area contributed by atoms with Gasteiger partial charge in [0.1, 0.15) is 5.75 Å². The fourth-order valence-corrected chi connectivity index (χ4v) is 2.07. The molecule has 18 heavy (non-hydrogen) atoms. The van der Waals surface area contributed by atoms with E-state index in [-0.39, 0.29) is 5.91 Å². The van der Waals surface area contributed by atoms with E-state index >= 15 is 0 Å². The third kappa shape index (κ3) is 3.39. The number of carbonyl (C=O) groups is 1. The van der Waals surface area contributed by atoms with Gasteiger partial charge < -0.3 is 10.1 Å². The molecule has 1 aromatic rings. The third-order valence-electron chi connectivity index (χ3n) is 3.01. The van der Waals surface area contributed by atoms with Gasteiger partial charge in [-0.2, -0.15) is 0 Å². The highest BCUT2D eigenvalue weighted by atomic mass is 35.5. The molecule has 0 spiro atoms. The average molecular weight is 270 g/mol. The minimum atomic E-state index is 0.0600. The Balaban J connectivity index is 2.87. The first kappa shape index (κ1) is 14.8. The van der Waals surface area contributed by atoms with Crippen molar-refractivity contribution in [2.75, 3.05) is 13.7 Å². The summed E-state index contributed by atoms with van der Waals surface area (Å²) in [5.74, 6) is 0.893. The van der Waals surface area contributed by atoms with Crippen molar-refractivity contribution in [1.29, 1.82) is 0 Å². The van der Waals surface area contributed by atoms with Gasteiger partial charge in [-0.1, -0.05) is 18.5 Å². The van der Waals surface area contributed by atoms with Gasteiger partial charge in [0.05, 0.1) is 7.11 Å². The highest BCUT2D eigenvalue weighted by molar-refractivity contribution is 6.32. The van der Waals surface area contributed by atoms with Crippen LogP contribution < -0.4 is 10.1 Å². The summed E-state index contributed by atoms with van der Waals surface area (Å²) < 4.78 is 5.37. The molecule has 1 amide bonds. The topological polar surface area (TPSA) is 38.3 Å². The van der Waals surface area contributed by atoms with Crippen LogP contribution in [0.3, 0.4) is 0 Å². The Bertz CT molecular complexity index is 444. The second-order valence-corrected chi connectivity index (χ2v) is 4.64. The molecule has 0 aliphatic carbocycles. The quantitative estimate of drug-likeness (QED) is 0.892. The SMILES string of the molecule is CCC(=O)NCCc1c(OC)cc(C)c(Cl)c1C. The van der Waals surface area contributed by atoms with Crippen molar-refractivity contribution in [3.05, 3.63) is 27.8 Å². The molecule has 0 unspecified atom stereocenters. The van der Waals surface area contributed by atoms with Crippen LogP contribution in [0.2, 0.25) is 5.02 Å². The summed E-state index contributed by atoms with van der Waals surface area (Å²) >= 11 is 6.24. The summed E-state index contributed by atoms with van der Waals surface area (Å²) in [4.78, 5) is 11.2. The van der Waals surface area contributed by atoms with Crippen LogP contribution in [-0.2, 0) is 11.2 Å². The van der Waals surface area contributed by atoms with E-state index in [4.69, 9.17) is 16.3 Å². The molecule has 1 N–H and O–H groups in total. The van der Waals surface area contributed by atoms with Crippen molar-refractivity contribution in [3.8, 4) is 5.75 Å². The minimum Gasteiger partial charge on any atom is -0.496 e. The molecule has 0 aromatic heterocycles. The predicted octanol–water partition coefficient (Wildman–Crippen LogP) is 3.03. The maximum absolute atomic E-state index is 11.2. The summed E-state index contributed by atoms with van der Waals surface area (Å²) in [5.41, 5.74) is 3.09. The molecule has 0 radical (unpaired) electrons. The van der Waals surface area contributed by atoms with Gasteiger partial charge >= 0.3 is 0 Å². The highest BCUT2D eigenvalue weighted by Gasteiger charge is 2.12. The molecule has 0 aliphatic heterocycles. The molecule has 0 atom stereocenters. The summed E-state index contributed by atoms with van der Waals surface area (Å²) in [6.07, 6.45) is 1.23. The second-order valence-electron chi connectivity index (χ2n) is 4.27. The van der Waals surface area contributed by atoms with Crippen LogP contribution in [0.1, 0.15) is 30.0 Å². The Labute approximate surface area is 113 Å². The maximum Gasteiger partial charge on any atom is 0.219 e. The summed E-state index contributed by atoms with van der Waals surface area (Å²) in [5, 5.41) is 3.63. The lowest BCUT2D eigenvalue weighted by Crippen LogP contribution is -2.24. The first-order chi connectivity index (χ1) is 8.51. The number of carbonyl (C=O) groups excluding carboxylic acids is 1. The van der Waals surface area contributed by atoms with E-state index in [9.17, 15) is 4.79 Å².